The number of rotatable bonds is 7. The van der Waals surface area contributed by atoms with Crippen LogP contribution < -0.4 is 4.74 Å². The van der Waals surface area contributed by atoms with E-state index in [0.29, 0.717) is 24.1 Å². The molecule has 0 fully saturated rings. The first-order valence-corrected chi connectivity index (χ1v) is 10.2. The second-order valence-corrected chi connectivity index (χ2v) is 7.71. The van der Waals surface area contributed by atoms with Gasteiger partial charge in [0.1, 0.15) is 5.75 Å². The lowest BCUT2D eigenvalue weighted by Crippen LogP contribution is -2.32. The highest BCUT2D eigenvalue weighted by atomic mass is 16.5. The van der Waals surface area contributed by atoms with Crippen molar-refractivity contribution in [2.24, 2.45) is 0 Å². The van der Waals surface area contributed by atoms with Gasteiger partial charge in [0.15, 0.2) is 0 Å². The Morgan fingerprint density at radius 2 is 1.58 bits per heavy atom. The molecule has 3 aromatic rings. The Morgan fingerprint density at radius 1 is 0.935 bits per heavy atom. The Kier molecular flexibility index (Phi) is 5.71. The Morgan fingerprint density at radius 3 is 2.26 bits per heavy atom. The summed E-state index contributed by atoms with van der Waals surface area (Å²) in [5.41, 5.74) is 1.91. The van der Waals surface area contributed by atoms with E-state index in [1.165, 1.54) is 4.90 Å². The molecule has 1 aliphatic rings. The highest BCUT2D eigenvalue weighted by molar-refractivity contribution is 6.21. The summed E-state index contributed by atoms with van der Waals surface area (Å²) in [6, 6.07) is 18.8. The van der Waals surface area contributed by atoms with Crippen molar-refractivity contribution in [1.82, 2.24) is 9.80 Å². The molecule has 0 saturated carbocycles. The van der Waals surface area contributed by atoms with Gasteiger partial charge in [-0.3, -0.25) is 19.3 Å². The number of methoxy groups -OCH3 is 1. The SMILES string of the molecule is COc1ccc2cc(CN(C)C(=O)CCCN3C(=O)c4ccccc4C3=O)ccc2c1. The summed E-state index contributed by atoms with van der Waals surface area (Å²) in [6.07, 6.45) is 0.709. The van der Waals surface area contributed by atoms with Crippen molar-refractivity contribution in [2.75, 3.05) is 20.7 Å². The Balaban J connectivity index is 1.32. The lowest BCUT2D eigenvalue weighted by molar-refractivity contribution is -0.130. The molecule has 0 aromatic heterocycles. The van der Waals surface area contributed by atoms with Crippen LogP contribution in [0, 0.1) is 0 Å². The Hall–Kier alpha value is -3.67. The van der Waals surface area contributed by atoms with Crippen LogP contribution in [0.2, 0.25) is 0 Å². The van der Waals surface area contributed by atoms with E-state index >= 15 is 0 Å². The number of carbonyl (C=O) groups excluding carboxylic acids is 3. The number of hydrogen-bond donors (Lipinski definition) is 0. The van der Waals surface area contributed by atoms with Crippen molar-refractivity contribution in [3.05, 3.63) is 77.4 Å². The third-order valence-electron chi connectivity index (χ3n) is 5.61. The molecule has 0 unspecified atom stereocenters. The fourth-order valence-corrected chi connectivity index (χ4v) is 3.88. The molecule has 0 radical (unpaired) electrons. The maximum Gasteiger partial charge on any atom is 0.261 e. The van der Waals surface area contributed by atoms with Crippen molar-refractivity contribution < 1.29 is 19.1 Å². The summed E-state index contributed by atoms with van der Waals surface area (Å²) in [7, 11) is 3.41. The van der Waals surface area contributed by atoms with E-state index in [-0.39, 0.29) is 30.7 Å². The molecule has 3 amide bonds. The quantitative estimate of drug-likeness (QED) is 0.548. The predicted molar refractivity (Wildman–Crippen MR) is 118 cm³/mol. The minimum Gasteiger partial charge on any atom is -0.497 e. The van der Waals surface area contributed by atoms with Gasteiger partial charge in [0.25, 0.3) is 11.8 Å². The second-order valence-electron chi connectivity index (χ2n) is 7.71. The molecule has 0 aliphatic carbocycles. The number of imide groups is 1. The monoisotopic (exact) mass is 416 g/mol. The number of ether oxygens (including phenoxy) is 1. The van der Waals surface area contributed by atoms with E-state index in [0.717, 1.165) is 22.1 Å². The molecule has 1 aliphatic heterocycles. The van der Waals surface area contributed by atoms with Crippen LogP contribution in [0.15, 0.2) is 60.7 Å². The van der Waals surface area contributed by atoms with Crippen LogP contribution in [0.25, 0.3) is 10.8 Å². The minimum absolute atomic E-state index is 0.0218. The van der Waals surface area contributed by atoms with Crippen LogP contribution in [-0.4, -0.2) is 48.2 Å². The zero-order valence-corrected chi connectivity index (χ0v) is 17.6. The van der Waals surface area contributed by atoms with Gasteiger partial charge in [-0.1, -0.05) is 30.3 Å². The number of benzene rings is 3. The van der Waals surface area contributed by atoms with Gasteiger partial charge in [-0.2, -0.15) is 0 Å². The molecular formula is C25H24N2O4. The van der Waals surface area contributed by atoms with Gasteiger partial charge in [0.2, 0.25) is 5.91 Å². The molecule has 4 rings (SSSR count). The first-order valence-electron chi connectivity index (χ1n) is 10.2. The van der Waals surface area contributed by atoms with E-state index in [1.807, 2.05) is 30.3 Å². The van der Waals surface area contributed by atoms with Crippen LogP contribution in [0.3, 0.4) is 0 Å². The molecule has 6 nitrogen and oxygen atoms in total. The molecular weight excluding hydrogens is 392 g/mol. The third-order valence-corrected chi connectivity index (χ3v) is 5.61. The molecule has 1 heterocycles. The lowest BCUT2D eigenvalue weighted by Gasteiger charge is -2.19. The van der Waals surface area contributed by atoms with Crippen molar-refractivity contribution in [3.63, 3.8) is 0 Å². The molecule has 3 aromatic carbocycles. The van der Waals surface area contributed by atoms with Gasteiger partial charge in [-0.05, 0) is 53.1 Å². The summed E-state index contributed by atoms with van der Waals surface area (Å²) in [6.45, 7) is 0.734. The average Bonchev–Trinajstić information content (AvgIpc) is 3.03. The first kappa shape index (κ1) is 20.6. The van der Waals surface area contributed by atoms with Gasteiger partial charge < -0.3 is 9.64 Å². The molecule has 6 heteroatoms. The van der Waals surface area contributed by atoms with Crippen LogP contribution in [-0.2, 0) is 11.3 Å². The average molecular weight is 416 g/mol. The van der Waals surface area contributed by atoms with E-state index in [1.54, 1.807) is 43.3 Å². The Labute approximate surface area is 181 Å². The van der Waals surface area contributed by atoms with Crippen LogP contribution in [0.5, 0.6) is 5.75 Å². The second kappa shape index (κ2) is 8.60. The van der Waals surface area contributed by atoms with Crippen molar-refractivity contribution in [2.45, 2.75) is 19.4 Å². The number of amides is 3. The highest BCUT2D eigenvalue weighted by Crippen LogP contribution is 2.24. The highest BCUT2D eigenvalue weighted by Gasteiger charge is 2.34. The molecule has 0 N–H and O–H groups in total. The van der Waals surface area contributed by atoms with Crippen LogP contribution >= 0.6 is 0 Å². The van der Waals surface area contributed by atoms with Crippen molar-refractivity contribution in [3.8, 4) is 5.75 Å². The Bertz CT molecular complexity index is 1140. The number of nitrogens with zero attached hydrogens (tertiary/aromatic N) is 2. The van der Waals surface area contributed by atoms with Gasteiger partial charge in [0.05, 0.1) is 18.2 Å². The van der Waals surface area contributed by atoms with Crippen molar-refractivity contribution >= 4 is 28.5 Å². The van der Waals surface area contributed by atoms with Crippen molar-refractivity contribution in [1.29, 1.82) is 0 Å². The van der Waals surface area contributed by atoms with Gasteiger partial charge in [0, 0.05) is 26.6 Å². The molecule has 158 valence electrons. The summed E-state index contributed by atoms with van der Waals surface area (Å²) in [5, 5.41) is 2.17. The fourth-order valence-electron chi connectivity index (χ4n) is 3.88. The maximum absolute atomic E-state index is 12.6. The maximum atomic E-state index is 12.6. The van der Waals surface area contributed by atoms with Crippen LogP contribution in [0.4, 0.5) is 0 Å². The number of hydrogen-bond acceptors (Lipinski definition) is 4. The van der Waals surface area contributed by atoms with Gasteiger partial charge >= 0.3 is 0 Å². The lowest BCUT2D eigenvalue weighted by atomic mass is 10.1. The summed E-state index contributed by atoms with van der Waals surface area (Å²) < 4.78 is 5.26. The smallest absolute Gasteiger partial charge is 0.261 e. The zero-order chi connectivity index (χ0) is 22.0. The van der Waals surface area contributed by atoms with Gasteiger partial charge in [-0.15, -0.1) is 0 Å². The molecule has 0 bridgehead atoms. The molecule has 0 spiro atoms. The molecule has 0 saturated heterocycles. The summed E-state index contributed by atoms with van der Waals surface area (Å²) in [5.74, 6) is 0.223. The largest absolute Gasteiger partial charge is 0.497 e. The predicted octanol–water partition coefficient (Wildman–Crippen LogP) is 3.88. The van der Waals surface area contributed by atoms with Crippen LogP contribution in [0.1, 0.15) is 39.1 Å². The normalized spacial score (nSPS) is 12.9. The number of carbonyl (C=O) groups is 3. The summed E-state index contributed by atoms with van der Waals surface area (Å²) >= 11 is 0. The minimum atomic E-state index is -0.283. The molecule has 0 atom stereocenters. The summed E-state index contributed by atoms with van der Waals surface area (Å²) in [4.78, 5) is 40.3. The van der Waals surface area contributed by atoms with E-state index in [9.17, 15) is 14.4 Å². The van der Waals surface area contributed by atoms with E-state index in [4.69, 9.17) is 4.74 Å². The zero-order valence-electron chi connectivity index (χ0n) is 17.6. The standard InChI is InChI=1S/C25H24N2O4/c1-26(16-17-9-10-19-15-20(31-2)12-11-18(19)14-17)23(28)8-5-13-27-24(29)21-6-3-4-7-22(21)25(27)30/h3-4,6-7,9-12,14-15H,5,8,13,16H2,1-2H3. The first-order chi connectivity index (χ1) is 15.0. The third kappa shape index (κ3) is 4.14. The van der Waals surface area contributed by atoms with E-state index in [2.05, 4.69) is 6.07 Å². The number of fused-ring (bicyclic) bond motifs is 2. The topological polar surface area (TPSA) is 66.9 Å². The molecule has 31 heavy (non-hydrogen) atoms. The fraction of sp³-hybridized carbons (Fsp3) is 0.240. The van der Waals surface area contributed by atoms with E-state index < -0.39 is 0 Å². The van der Waals surface area contributed by atoms with Gasteiger partial charge in [-0.25, -0.2) is 0 Å².